The van der Waals surface area contributed by atoms with E-state index < -0.39 is 0 Å². The van der Waals surface area contributed by atoms with Gasteiger partial charge in [0, 0.05) is 6.54 Å². The van der Waals surface area contributed by atoms with E-state index >= 15 is 0 Å². The molecule has 0 aliphatic rings. The second kappa shape index (κ2) is 11.7. The van der Waals surface area contributed by atoms with E-state index in [-0.39, 0.29) is 24.0 Å². The van der Waals surface area contributed by atoms with Gasteiger partial charge in [-0.05, 0) is 18.9 Å². The molecular weight excluding hydrogens is 365 g/mol. The Morgan fingerprint density at radius 1 is 1.35 bits per heavy atom. The zero-order valence-corrected chi connectivity index (χ0v) is 14.3. The lowest BCUT2D eigenvalue weighted by Gasteiger charge is -2.06. The summed E-state index contributed by atoms with van der Waals surface area (Å²) in [5, 5.41) is 3.09. The molecule has 1 aromatic rings. The smallest absolute Gasteiger partial charge is 0.188 e. The van der Waals surface area contributed by atoms with Gasteiger partial charge >= 0.3 is 0 Å². The Hall–Kier alpha value is -1.08. The van der Waals surface area contributed by atoms with E-state index in [4.69, 9.17) is 10.5 Å². The van der Waals surface area contributed by atoms with Gasteiger partial charge in [-0.1, -0.05) is 42.5 Å². The van der Waals surface area contributed by atoms with Crippen LogP contribution in [-0.4, -0.2) is 32.3 Å². The van der Waals surface area contributed by atoms with Gasteiger partial charge in [0.2, 0.25) is 0 Å². The van der Waals surface area contributed by atoms with Gasteiger partial charge in [0.15, 0.2) is 5.96 Å². The van der Waals surface area contributed by atoms with Crippen molar-refractivity contribution in [1.29, 1.82) is 0 Å². The lowest BCUT2D eigenvalue weighted by atomic mass is 10.1. The molecule has 0 fully saturated rings. The summed E-state index contributed by atoms with van der Waals surface area (Å²) in [6.07, 6.45) is 0.934. The quantitative estimate of drug-likeness (QED) is 0.236. The first-order valence-electron chi connectivity index (χ1n) is 6.48. The molecule has 0 saturated heterocycles. The van der Waals surface area contributed by atoms with Crippen molar-refractivity contribution in [2.24, 2.45) is 10.7 Å². The summed E-state index contributed by atoms with van der Waals surface area (Å²) < 4.78 is 5.33. The van der Waals surface area contributed by atoms with Crippen molar-refractivity contribution in [3.8, 4) is 0 Å². The van der Waals surface area contributed by atoms with Crippen LogP contribution in [0.2, 0.25) is 0 Å². The first-order valence-corrected chi connectivity index (χ1v) is 6.48. The topological polar surface area (TPSA) is 59.6 Å². The molecule has 5 heteroatoms. The molecule has 0 aromatic heterocycles. The second-order valence-corrected chi connectivity index (χ2v) is 4.44. The molecule has 0 bridgehead atoms. The number of benzene rings is 1. The molecule has 0 unspecified atom stereocenters. The highest BCUT2D eigenvalue weighted by Gasteiger charge is 1.94. The van der Waals surface area contributed by atoms with E-state index in [1.54, 1.807) is 0 Å². The molecule has 20 heavy (non-hydrogen) atoms. The van der Waals surface area contributed by atoms with Crippen LogP contribution in [0.4, 0.5) is 0 Å². The van der Waals surface area contributed by atoms with Crippen LogP contribution in [0.25, 0.3) is 0 Å². The van der Waals surface area contributed by atoms with E-state index in [0.29, 0.717) is 25.7 Å². The number of hydrogen-bond acceptors (Lipinski definition) is 2. The summed E-state index contributed by atoms with van der Waals surface area (Å²) in [6.45, 7) is 8.19. The molecule has 1 rings (SSSR count). The number of ether oxygens (including phenoxy) is 1. The zero-order chi connectivity index (χ0) is 13.9. The van der Waals surface area contributed by atoms with Gasteiger partial charge in [-0.25, -0.2) is 0 Å². The molecule has 4 nitrogen and oxygen atoms in total. The van der Waals surface area contributed by atoms with E-state index in [0.717, 1.165) is 18.5 Å². The highest BCUT2D eigenvalue weighted by Crippen LogP contribution is 1.97. The van der Waals surface area contributed by atoms with E-state index in [1.165, 1.54) is 5.56 Å². The van der Waals surface area contributed by atoms with Crippen LogP contribution < -0.4 is 11.1 Å². The molecule has 0 aliphatic heterocycles. The molecule has 0 atom stereocenters. The molecule has 0 radical (unpaired) electrons. The predicted molar refractivity (Wildman–Crippen MR) is 95.7 cm³/mol. The Morgan fingerprint density at radius 3 is 2.70 bits per heavy atom. The summed E-state index contributed by atoms with van der Waals surface area (Å²) >= 11 is 0. The summed E-state index contributed by atoms with van der Waals surface area (Å²) in [4.78, 5) is 4.18. The van der Waals surface area contributed by atoms with Crippen LogP contribution in [-0.2, 0) is 11.2 Å². The third-order valence-electron chi connectivity index (χ3n) is 2.43. The lowest BCUT2D eigenvalue weighted by Crippen LogP contribution is -2.33. The molecule has 1 aromatic carbocycles. The standard InChI is InChI=1S/C15H23N3O.HI/c1-13(2)12-19-11-10-18-15(16)17-9-8-14-6-4-3-5-7-14;/h3-7H,1,8-12H2,2H3,(H3,16,17,18);1H. The van der Waals surface area contributed by atoms with E-state index in [9.17, 15) is 0 Å². The minimum absolute atomic E-state index is 0. The van der Waals surface area contributed by atoms with Gasteiger partial charge in [-0.2, -0.15) is 0 Å². The summed E-state index contributed by atoms with van der Waals surface area (Å²) in [6, 6.07) is 10.3. The molecule has 3 N–H and O–H groups in total. The fourth-order valence-corrected chi connectivity index (χ4v) is 1.51. The van der Waals surface area contributed by atoms with Crippen molar-refractivity contribution >= 4 is 29.9 Å². The summed E-state index contributed by atoms with van der Waals surface area (Å²) in [7, 11) is 0. The monoisotopic (exact) mass is 389 g/mol. The van der Waals surface area contributed by atoms with Gasteiger partial charge in [0.05, 0.1) is 19.8 Å². The Labute approximate surface area is 138 Å². The third kappa shape index (κ3) is 9.80. The van der Waals surface area contributed by atoms with Crippen LogP contribution in [0.15, 0.2) is 47.5 Å². The molecule has 0 amide bonds. The molecule has 0 saturated carbocycles. The number of rotatable bonds is 8. The van der Waals surface area contributed by atoms with Crippen molar-refractivity contribution in [3.63, 3.8) is 0 Å². The lowest BCUT2D eigenvalue weighted by molar-refractivity contribution is 0.164. The number of halogens is 1. The average Bonchev–Trinajstić information content (AvgIpc) is 2.39. The average molecular weight is 389 g/mol. The maximum Gasteiger partial charge on any atom is 0.188 e. The van der Waals surface area contributed by atoms with Crippen molar-refractivity contribution < 1.29 is 4.74 Å². The third-order valence-corrected chi connectivity index (χ3v) is 2.43. The van der Waals surface area contributed by atoms with Crippen LogP contribution in [0.5, 0.6) is 0 Å². The van der Waals surface area contributed by atoms with Crippen LogP contribution >= 0.6 is 24.0 Å². The number of nitrogens with two attached hydrogens (primary N) is 1. The zero-order valence-electron chi connectivity index (χ0n) is 12.0. The van der Waals surface area contributed by atoms with Gasteiger partial charge in [0.1, 0.15) is 0 Å². The van der Waals surface area contributed by atoms with Crippen LogP contribution in [0.1, 0.15) is 12.5 Å². The Bertz CT molecular complexity index is 407. The molecule has 112 valence electrons. The normalized spacial score (nSPS) is 10.8. The fraction of sp³-hybridized carbons (Fsp3) is 0.400. The van der Waals surface area contributed by atoms with Crippen molar-refractivity contribution in [1.82, 2.24) is 5.32 Å². The second-order valence-electron chi connectivity index (χ2n) is 4.44. The number of guanidine groups is 1. The maximum atomic E-state index is 5.75. The number of nitrogens with zero attached hydrogens (tertiary/aromatic N) is 1. The molecule has 0 aliphatic carbocycles. The first kappa shape index (κ1) is 18.9. The summed E-state index contributed by atoms with van der Waals surface area (Å²) in [5.41, 5.74) is 8.04. The SMILES string of the molecule is C=C(C)COCCN=C(N)NCCc1ccccc1.I. The largest absolute Gasteiger partial charge is 0.375 e. The van der Waals surface area contributed by atoms with Crippen molar-refractivity contribution in [3.05, 3.63) is 48.0 Å². The van der Waals surface area contributed by atoms with Crippen LogP contribution in [0.3, 0.4) is 0 Å². The number of aliphatic imine (C=N–C) groups is 1. The maximum absolute atomic E-state index is 5.75. The minimum atomic E-state index is 0. The number of hydrogen-bond donors (Lipinski definition) is 2. The van der Waals surface area contributed by atoms with E-state index in [2.05, 4.69) is 29.0 Å². The van der Waals surface area contributed by atoms with Crippen molar-refractivity contribution in [2.75, 3.05) is 26.3 Å². The van der Waals surface area contributed by atoms with Gasteiger partial charge in [-0.3, -0.25) is 4.99 Å². The molecule has 0 heterocycles. The minimum Gasteiger partial charge on any atom is -0.375 e. The van der Waals surface area contributed by atoms with Gasteiger partial charge < -0.3 is 15.8 Å². The predicted octanol–water partition coefficient (Wildman–Crippen LogP) is 2.34. The Kier molecular flexibility index (Phi) is 11.1. The Morgan fingerprint density at radius 2 is 2.05 bits per heavy atom. The molecular formula is C15H24IN3O. The van der Waals surface area contributed by atoms with E-state index in [1.807, 2.05) is 25.1 Å². The highest BCUT2D eigenvalue weighted by molar-refractivity contribution is 14.0. The summed E-state index contributed by atoms with van der Waals surface area (Å²) in [5.74, 6) is 0.467. The van der Waals surface area contributed by atoms with Crippen LogP contribution in [0, 0.1) is 0 Å². The molecule has 0 spiro atoms. The van der Waals surface area contributed by atoms with Gasteiger partial charge in [-0.15, -0.1) is 24.0 Å². The van der Waals surface area contributed by atoms with Gasteiger partial charge in [0.25, 0.3) is 0 Å². The number of nitrogens with one attached hydrogen (secondary N) is 1. The Balaban J connectivity index is 0.00000361. The van der Waals surface area contributed by atoms with Crippen molar-refractivity contribution in [2.45, 2.75) is 13.3 Å². The first-order chi connectivity index (χ1) is 9.18. The fourth-order valence-electron chi connectivity index (χ4n) is 1.51. The highest BCUT2D eigenvalue weighted by atomic mass is 127.